The van der Waals surface area contributed by atoms with Crippen LogP contribution in [0.25, 0.3) is 0 Å². The summed E-state index contributed by atoms with van der Waals surface area (Å²) in [5.41, 5.74) is 0.176. The van der Waals surface area contributed by atoms with E-state index in [1.165, 1.54) is 4.90 Å². The molecule has 0 unspecified atom stereocenters. The summed E-state index contributed by atoms with van der Waals surface area (Å²) in [5, 5.41) is 3.21. The van der Waals surface area contributed by atoms with Crippen LogP contribution in [0.1, 0.15) is 18.1 Å². The first-order valence-electron chi connectivity index (χ1n) is 9.02. The number of carbonyl (C=O) groups excluding carboxylic acids is 3. The van der Waals surface area contributed by atoms with Gasteiger partial charge in [-0.15, -0.1) is 0 Å². The number of hydrogen-bond acceptors (Lipinski definition) is 4. The molecule has 7 nitrogen and oxygen atoms in total. The van der Waals surface area contributed by atoms with Crippen molar-refractivity contribution >= 4 is 29.4 Å². The lowest BCUT2D eigenvalue weighted by Gasteiger charge is -2.23. The van der Waals surface area contributed by atoms with Crippen LogP contribution in [-0.4, -0.2) is 48.3 Å². The lowest BCUT2D eigenvalue weighted by atomic mass is 9.92. The Kier molecular flexibility index (Phi) is 5.79. The first-order valence-corrected chi connectivity index (χ1v) is 9.40. The number of ether oxygens (including phenoxy) is 1. The molecule has 0 aromatic heterocycles. The molecular weight excluding hydrogens is 394 g/mol. The summed E-state index contributed by atoms with van der Waals surface area (Å²) < 4.78 is 5.30. The van der Waals surface area contributed by atoms with Gasteiger partial charge in [-0.25, -0.2) is 4.79 Å². The Labute approximate surface area is 174 Å². The van der Waals surface area contributed by atoms with E-state index in [2.05, 4.69) is 5.32 Å². The summed E-state index contributed by atoms with van der Waals surface area (Å²) in [7, 11) is 3.18. The standard InChI is InChI=1S/C21H22ClN3O4/c1-21(15-8-10-16(22)11-9-15)19(27)25(20(28)23-21)13-18(26)24(2)12-14-6-4-5-7-17(14)29-3/h4-11H,12-13H2,1-3H3,(H,23,28)/t21-/m1/s1. The quantitative estimate of drug-likeness (QED) is 0.736. The van der Waals surface area contributed by atoms with Crippen molar-refractivity contribution in [3.05, 3.63) is 64.7 Å². The van der Waals surface area contributed by atoms with E-state index in [9.17, 15) is 14.4 Å². The number of benzene rings is 2. The molecule has 1 fully saturated rings. The normalized spacial score (nSPS) is 18.6. The number of amides is 4. The molecule has 0 bridgehead atoms. The molecule has 29 heavy (non-hydrogen) atoms. The van der Waals surface area contributed by atoms with Gasteiger partial charge in [-0.1, -0.05) is 41.9 Å². The maximum absolute atomic E-state index is 13.0. The van der Waals surface area contributed by atoms with Gasteiger partial charge < -0.3 is 15.0 Å². The molecule has 1 atom stereocenters. The van der Waals surface area contributed by atoms with Gasteiger partial charge in [0.05, 0.1) is 7.11 Å². The van der Waals surface area contributed by atoms with Gasteiger partial charge in [0.15, 0.2) is 0 Å². The van der Waals surface area contributed by atoms with Crippen LogP contribution in [0.3, 0.4) is 0 Å². The number of para-hydroxylation sites is 1. The van der Waals surface area contributed by atoms with Gasteiger partial charge in [-0.2, -0.15) is 0 Å². The van der Waals surface area contributed by atoms with Crippen molar-refractivity contribution in [2.24, 2.45) is 0 Å². The average Bonchev–Trinajstić information content (AvgIpc) is 2.92. The van der Waals surface area contributed by atoms with Gasteiger partial charge in [0, 0.05) is 24.2 Å². The van der Waals surface area contributed by atoms with Gasteiger partial charge in [0.1, 0.15) is 17.8 Å². The highest BCUT2D eigenvalue weighted by Gasteiger charge is 2.49. The molecule has 2 aromatic carbocycles. The third-order valence-corrected chi connectivity index (χ3v) is 5.27. The Hall–Kier alpha value is -3.06. The highest BCUT2D eigenvalue weighted by Crippen LogP contribution is 2.29. The number of carbonyl (C=O) groups is 3. The molecule has 0 spiro atoms. The highest BCUT2D eigenvalue weighted by molar-refractivity contribution is 6.30. The van der Waals surface area contributed by atoms with E-state index in [4.69, 9.17) is 16.3 Å². The molecule has 152 valence electrons. The number of urea groups is 1. The summed E-state index contributed by atoms with van der Waals surface area (Å²) in [6.45, 7) is 1.56. The number of hydrogen-bond donors (Lipinski definition) is 1. The first kappa shape index (κ1) is 20.7. The minimum Gasteiger partial charge on any atom is -0.496 e. The summed E-state index contributed by atoms with van der Waals surface area (Å²) in [5.74, 6) is -0.180. The van der Waals surface area contributed by atoms with Crippen molar-refractivity contribution in [3.63, 3.8) is 0 Å². The SMILES string of the molecule is COc1ccccc1CN(C)C(=O)CN1C(=O)N[C@](C)(c2ccc(Cl)cc2)C1=O. The lowest BCUT2D eigenvalue weighted by Crippen LogP contribution is -2.43. The van der Waals surface area contributed by atoms with E-state index in [1.54, 1.807) is 45.3 Å². The van der Waals surface area contributed by atoms with Gasteiger partial charge in [0.25, 0.3) is 5.91 Å². The monoisotopic (exact) mass is 415 g/mol. The van der Waals surface area contributed by atoms with E-state index < -0.39 is 17.5 Å². The minimum absolute atomic E-state index is 0.293. The molecule has 0 saturated carbocycles. The van der Waals surface area contributed by atoms with Crippen molar-refractivity contribution in [3.8, 4) is 5.75 Å². The molecule has 0 aliphatic carbocycles. The van der Waals surface area contributed by atoms with Crippen LogP contribution in [0.5, 0.6) is 5.75 Å². The minimum atomic E-state index is -1.25. The van der Waals surface area contributed by atoms with E-state index in [0.717, 1.165) is 10.5 Å². The van der Waals surface area contributed by atoms with Crippen LogP contribution >= 0.6 is 11.6 Å². The predicted octanol–water partition coefficient (Wildman–Crippen LogP) is 2.77. The summed E-state index contributed by atoms with van der Waals surface area (Å²) in [4.78, 5) is 40.5. The van der Waals surface area contributed by atoms with Crippen molar-refractivity contribution in [2.45, 2.75) is 19.0 Å². The maximum atomic E-state index is 13.0. The predicted molar refractivity (Wildman–Crippen MR) is 109 cm³/mol. The third-order valence-electron chi connectivity index (χ3n) is 5.02. The summed E-state index contributed by atoms with van der Waals surface area (Å²) in [6, 6.07) is 13.4. The van der Waals surface area contributed by atoms with Crippen molar-refractivity contribution in [2.75, 3.05) is 20.7 Å². The Morgan fingerprint density at radius 2 is 1.83 bits per heavy atom. The van der Waals surface area contributed by atoms with Crippen LogP contribution in [0, 0.1) is 0 Å². The number of rotatable bonds is 6. The van der Waals surface area contributed by atoms with Crippen LogP contribution < -0.4 is 10.1 Å². The maximum Gasteiger partial charge on any atom is 0.325 e. The Balaban J connectivity index is 1.72. The van der Waals surface area contributed by atoms with Crippen LogP contribution in [0.15, 0.2) is 48.5 Å². The van der Waals surface area contributed by atoms with Crippen molar-refractivity contribution < 1.29 is 19.1 Å². The molecule has 1 aliphatic heterocycles. The fourth-order valence-electron chi connectivity index (χ4n) is 3.25. The Morgan fingerprint density at radius 3 is 2.48 bits per heavy atom. The van der Waals surface area contributed by atoms with Crippen molar-refractivity contribution in [1.82, 2.24) is 15.1 Å². The molecule has 1 heterocycles. The zero-order chi connectivity index (χ0) is 21.2. The van der Waals surface area contributed by atoms with E-state index in [-0.39, 0.29) is 12.5 Å². The smallest absolute Gasteiger partial charge is 0.325 e. The number of methoxy groups -OCH3 is 1. The van der Waals surface area contributed by atoms with Crippen LogP contribution in [-0.2, 0) is 21.7 Å². The van der Waals surface area contributed by atoms with Crippen LogP contribution in [0.4, 0.5) is 4.79 Å². The molecule has 1 aliphatic rings. The second-order valence-electron chi connectivity index (χ2n) is 7.01. The number of halogens is 1. The zero-order valence-electron chi connectivity index (χ0n) is 16.4. The van der Waals surface area contributed by atoms with E-state index in [0.29, 0.717) is 22.9 Å². The van der Waals surface area contributed by atoms with Gasteiger partial charge in [-0.3, -0.25) is 14.5 Å². The second-order valence-corrected chi connectivity index (χ2v) is 7.45. The number of likely N-dealkylation sites (N-methyl/N-ethyl adjacent to an activating group) is 1. The second kappa shape index (κ2) is 8.13. The molecule has 3 rings (SSSR count). The van der Waals surface area contributed by atoms with Crippen molar-refractivity contribution in [1.29, 1.82) is 0 Å². The zero-order valence-corrected chi connectivity index (χ0v) is 17.2. The molecule has 2 aromatic rings. The molecular formula is C21H22ClN3O4. The number of nitrogens with zero attached hydrogens (tertiary/aromatic N) is 2. The summed E-state index contributed by atoms with van der Waals surface area (Å²) in [6.07, 6.45) is 0. The van der Waals surface area contributed by atoms with Crippen LogP contribution in [0.2, 0.25) is 5.02 Å². The highest BCUT2D eigenvalue weighted by atomic mass is 35.5. The molecule has 1 saturated heterocycles. The number of imide groups is 1. The van der Waals surface area contributed by atoms with Gasteiger partial charge >= 0.3 is 6.03 Å². The van der Waals surface area contributed by atoms with E-state index >= 15 is 0 Å². The summed E-state index contributed by atoms with van der Waals surface area (Å²) >= 11 is 5.91. The van der Waals surface area contributed by atoms with Gasteiger partial charge in [0.2, 0.25) is 5.91 Å². The van der Waals surface area contributed by atoms with Gasteiger partial charge in [-0.05, 0) is 30.7 Å². The molecule has 1 N–H and O–H groups in total. The number of nitrogens with one attached hydrogen (secondary N) is 1. The first-order chi connectivity index (χ1) is 13.8. The topological polar surface area (TPSA) is 79.0 Å². The van der Waals surface area contributed by atoms with E-state index in [1.807, 2.05) is 24.3 Å². The third kappa shape index (κ3) is 4.05. The largest absolute Gasteiger partial charge is 0.496 e. The molecule has 4 amide bonds. The average molecular weight is 416 g/mol. The molecule has 8 heteroatoms. The molecule has 0 radical (unpaired) electrons. The fraction of sp³-hybridized carbons (Fsp3) is 0.286. The lowest BCUT2D eigenvalue weighted by molar-refractivity contribution is -0.138. The fourth-order valence-corrected chi connectivity index (χ4v) is 3.38. The Morgan fingerprint density at radius 1 is 1.17 bits per heavy atom. The Bertz CT molecular complexity index is 947.